The molecule has 18 heavy (non-hydrogen) atoms. The van der Waals surface area contributed by atoms with Crippen LogP contribution in [0.25, 0.3) is 0 Å². The smallest absolute Gasteiger partial charge is 0.250 e. The second-order valence-corrected chi connectivity index (χ2v) is 4.27. The number of hydrogen-bond donors (Lipinski definition) is 1. The summed E-state index contributed by atoms with van der Waals surface area (Å²) in [5.74, 6) is -0.502. The number of hydrogen-bond acceptors (Lipinski definition) is 3. The number of nitrogens with one attached hydrogen (secondary N) is 1. The molecule has 2 amide bonds. The normalized spacial score (nSPS) is 9.94. The summed E-state index contributed by atoms with van der Waals surface area (Å²) in [4.78, 5) is 24.0. The van der Waals surface area contributed by atoms with Gasteiger partial charge in [0, 0.05) is 24.8 Å². The molecule has 6 heteroatoms. The predicted molar refractivity (Wildman–Crippen MR) is 69.6 cm³/mol. The quantitative estimate of drug-likeness (QED) is 0.879. The van der Waals surface area contributed by atoms with E-state index in [2.05, 4.69) is 5.32 Å². The molecule has 0 aliphatic carbocycles. The summed E-state index contributed by atoms with van der Waals surface area (Å²) in [6.07, 6.45) is 0. The zero-order chi connectivity index (χ0) is 13.5. The minimum absolute atomic E-state index is 0.110. The molecule has 1 N–H and O–H groups in total. The van der Waals surface area contributed by atoms with Gasteiger partial charge in [0.05, 0.1) is 0 Å². The molecule has 0 radical (unpaired) electrons. The predicted octanol–water partition coefficient (Wildman–Crippen LogP) is 1.38. The number of ether oxygens (including phenoxy) is 1. The van der Waals surface area contributed by atoms with Gasteiger partial charge in [-0.3, -0.25) is 9.59 Å². The molecule has 0 saturated heterocycles. The van der Waals surface area contributed by atoms with Crippen LogP contribution in [0.3, 0.4) is 0 Å². The first-order chi connectivity index (χ1) is 8.49. The lowest BCUT2D eigenvalue weighted by Gasteiger charge is -2.10. The maximum atomic E-state index is 11.5. The van der Waals surface area contributed by atoms with Gasteiger partial charge in [0.25, 0.3) is 0 Å². The highest BCUT2D eigenvalue weighted by Gasteiger charge is 2.06. The Hall–Kier alpha value is -1.59. The molecule has 0 spiro atoms. The highest BCUT2D eigenvalue weighted by atomic mass is 35.5. The second kappa shape index (κ2) is 6.98. The Morgan fingerprint density at radius 3 is 2.39 bits per heavy atom. The van der Waals surface area contributed by atoms with Gasteiger partial charge in [0.15, 0.2) is 0 Å². The molecule has 0 saturated carbocycles. The molecule has 0 aliphatic heterocycles. The molecule has 1 aromatic rings. The molecule has 0 unspecified atom stereocenters. The van der Waals surface area contributed by atoms with Gasteiger partial charge in [-0.1, -0.05) is 11.6 Å². The third kappa shape index (κ3) is 5.16. The van der Waals surface area contributed by atoms with Crippen molar-refractivity contribution in [3.8, 4) is 0 Å². The third-order valence-electron chi connectivity index (χ3n) is 2.09. The van der Waals surface area contributed by atoms with Gasteiger partial charge in [0.1, 0.15) is 13.2 Å². The van der Waals surface area contributed by atoms with Crippen molar-refractivity contribution in [2.24, 2.45) is 0 Å². The molecule has 0 bridgehead atoms. The van der Waals surface area contributed by atoms with Crippen LogP contribution in [0.4, 0.5) is 5.69 Å². The van der Waals surface area contributed by atoms with Crippen LogP contribution in [0.2, 0.25) is 5.02 Å². The van der Waals surface area contributed by atoms with Crippen LogP contribution >= 0.6 is 11.6 Å². The first-order valence-corrected chi connectivity index (χ1v) is 5.70. The van der Waals surface area contributed by atoms with Gasteiger partial charge in [0.2, 0.25) is 11.8 Å². The van der Waals surface area contributed by atoms with Crippen molar-refractivity contribution in [3.05, 3.63) is 29.3 Å². The number of halogens is 1. The van der Waals surface area contributed by atoms with Gasteiger partial charge in [-0.15, -0.1) is 0 Å². The number of anilines is 1. The number of likely N-dealkylation sites (N-methyl/N-ethyl adjacent to an activating group) is 1. The Balaban J connectivity index is 2.30. The first-order valence-electron chi connectivity index (χ1n) is 5.32. The number of nitrogens with zero attached hydrogens (tertiary/aromatic N) is 1. The van der Waals surface area contributed by atoms with Gasteiger partial charge in [-0.25, -0.2) is 0 Å². The van der Waals surface area contributed by atoms with E-state index in [0.717, 1.165) is 0 Å². The van der Waals surface area contributed by atoms with Crippen LogP contribution in [-0.4, -0.2) is 44.0 Å². The van der Waals surface area contributed by atoms with E-state index in [9.17, 15) is 9.59 Å². The average Bonchev–Trinajstić information content (AvgIpc) is 2.32. The van der Waals surface area contributed by atoms with Gasteiger partial charge < -0.3 is 15.0 Å². The fourth-order valence-electron chi connectivity index (χ4n) is 1.09. The van der Waals surface area contributed by atoms with E-state index in [4.69, 9.17) is 16.3 Å². The van der Waals surface area contributed by atoms with Crippen LogP contribution in [0.1, 0.15) is 0 Å². The van der Waals surface area contributed by atoms with E-state index in [1.807, 2.05) is 0 Å². The second-order valence-electron chi connectivity index (χ2n) is 3.84. The molecule has 5 nitrogen and oxygen atoms in total. The molecule has 0 aliphatic rings. The molecule has 98 valence electrons. The molecule has 1 aromatic carbocycles. The van der Waals surface area contributed by atoms with Crippen LogP contribution in [0.15, 0.2) is 24.3 Å². The highest BCUT2D eigenvalue weighted by Crippen LogP contribution is 2.13. The lowest BCUT2D eigenvalue weighted by molar-refractivity contribution is -0.135. The van der Waals surface area contributed by atoms with Gasteiger partial charge in [-0.2, -0.15) is 0 Å². The summed E-state index contributed by atoms with van der Waals surface area (Å²) >= 11 is 5.72. The Morgan fingerprint density at radius 1 is 1.22 bits per heavy atom. The van der Waals surface area contributed by atoms with Gasteiger partial charge in [-0.05, 0) is 24.3 Å². The monoisotopic (exact) mass is 270 g/mol. The molecule has 0 aromatic heterocycles. The topological polar surface area (TPSA) is 58.6 Å². The van der Waals surface area contributed by atoms with Crippen LogP contribution in [0.5, 0.6) is 0 Å². The minimum atomic E-state index is -0.316. The van der Waals surface area contributed by atoms with E-state index in [-0.39, 0.29) is 25.0 Å². The minimum Gasteiger partial charge on any atom is -0.362 e. The number of rotatable bonds is 5. The van der Waals surface area contributed by atoms with E-state index in [1.54, 1.807) is 38.4 Å². The Kier molecular flexibility index (Phi) is 5.61. The van der Waals surface area contributed by atoms with Crippen molar-refractivity contribution < 1.29 is 14.3 Å². The number of amides is 2. The van der Waals surface area contributed by atoms with Crippen LogP contribution in [0, 0.1) is 0 Å². The number of carbonyl (C=O) groups is 2. The number of carbonyl (C=O) groups excluding carboxylic acids is 2. The van der Waals surface area contributed by atoms with E-state index < -0.39 is 0 Å². The van der Waals surface area contributed by atoms with E-state index >= 15 is 0 Å². The van der Waals surface area contributed by atoms with Crippen LogP contribution < -0.4 is 5.32 Å². The van der Waals surface area contributed by atoms with Crippen molar-refractivity contribution >= 4 is 29.1 Å². The average molecular weight is 271 g/mol. The lowest BCUT2D eigenvalue weighted by Crippen LogP contribution is -2.28. The molecule has 0 heterocycles. The SMILES string of the molecule is CN(C)C(=O)COCC(=O)Nc1ccc(Cl)cc1. The lowest BCUT2D eigenvalue weighted by atomic mass is 10.3. The molecular formula is C12H15ClN2O3. The van der Waals surface area contributed by atoms with Crippen molar-refractivity contribution in [2.45, 2.75) is 0 Å². The standard InChI is InChI=1S/C12H15ClN2O3/c1-15(2)12(17)8-18-7-11(16)14-10-5-3-9(13)4-6-10/h3-6H,7-8H2,1-2H3,(H,14,16). The summed E-state index contributed by atoms with van der Waals surface area (Å²) in [7, 11) is 3.25. The Morgan fingerprint density at radius 2 is 1.83 bits per heavy atom. The molecule has 1 rings (SSSR count). The van der Waals surface area contributed by atoms with Crippen molar-refractivity contribution in [1.82, 2.24) is 4.90 Å². The van der Waals surface area contributed by atoms with Crippen molar-refractivity contribution in [1.29, 1.82) is 0 Å². The summed E-state index contributed by atoms with van der Waals surface area (Å²) in [6.45, 7) is -0.275. The first kappa shape index (κ1) is 14.5. The van der Waals surface area contributed by atoms with Crippen molar-refractivity contribution in [2.75, 3.05) is 32.6 Å². The maximum absolute atomic E-state index is 11.5. The van der Waals surface area contributed by atoms with Crippen molar-refractivity contribution in [3.63, 3.8) is 0 Å². The van der Waals surface area contributed by atoms with E-state index in [0.29, 0.717) is 10.7 Å². The maximum Gasteiger partial charge on any atom is 0.250 e. The summed E-state index contributed by atoms with van der Waals surface area (Å²) < 4.78 is 4.99. The fourth-order valence-corrected chi connectivity index (χ4v) is 1.22. The summed E-state index contributed by atoms with van der Waals surface area (Å²) in [5, 5.41) is 3.22. The largest absolute Gasteiger partial charge is 0.362 e. The summed E-state index contributed by atoms with van der Waals surface area (Å²) in [5.41, 5.74) is 0.631. The third-order valence-corrected chi connectivity index (χ3v) is 2.34. The zero-order valence-corrected chi connectivity index (χ0v) is 11.0. The fraction of sp³-hybridized carbons (Fsp3) is 0.333. The van der Waals surface area contributed by atoms with E-state index in [1.165, 1.54) is 4.90 Å². The highest BCUT2D eigenvalue weighted by molar-refractivity contribution is 6.30. The van der Waals surface area contributed by atoms with Crippen LogP contribution in [-0.2, 0) is 14.3 Å². The molecule has 0 fully saturated rings. The Labute approximate surface area is 111 Å². The Bertz CT molecular complexity index is 418. The van der Waals surface area contributed by atoms with Gasteiger partial charge >= 0.3 is 0 Å². The molecule has 0 atom stereocenters. The number of benzene rings is 1. The summed E-state index contributed by atoms with van der Waals surface area (Å²) in [6, 6.07) is 6.72. The zero-order valence-electron chi connectivity index (χ0n) is 10.3. The molecular weight excluding hydrogens is 256 g/mol.